The summed E-state index contributed by atoms with van der Waals surface area (Å²) < 4.78 is 6.63. The number of benzene rings is 1. The van der Waals surface area contributed by atoms with E-state index in [1.807, 2.05) is 25.7 Å². The lowest BCUT2D eigenvalue weighted by atomic mass is 10.0. The van der Waals surface area contributed by atoms with E-state index >= 15 is 0 Å². The highest BCUT2D eigenvalue weighted by atomic mass is 79.9. The van der Waals surface area contributed by atoms with Crippen LogP contribution in [0.5, 0.6) is 0 Å². The first-order valence-corrected chi connectivity index (χ1v) is 8.22. The van der Waals surface area contributed by atoms with Crippen molar-refractivity contribution in [3.8, 4) is 0 Å². The van der Waals surface area contributed by atoms with Crippen LogP contribution in [0.25, 0.3) is 0 Å². The number of aryl methyl sites for hydroxylation is 2. The van der Waals surface area contributed by atoms with Gasteiger partial charge in [0.25, 0.3) is 0 Å². The number of nitrogens with zero attached hydrogens (tertiary/aromatic N) is 1. The molecule has 21 heavy (non-hydrogen) atoms. The van der Waals surface area contributed by atoms with Gasteiger partial charge in [-0.3, -0.25) is 0 Å². The van der Waals surface area contributed by atoms with Crippen molar-refractivity contribution in [2.45, 2.75) is 65.6 Å². The Bertz CT molecular complexity index is 521. The summed E-state index contributed by atoms with van der Waals surface area (Å²) in [6.07, 6.45) is 1.95. The maximum absolute atomic E-state index is 12.4. The van der Waals surface area contributed by atoms with Gasteiger partial charge in [-0.2, -0.15) is 0 Å². The summed E-state index contributed by atoms with van der Waals surface area (Å²) in [5, 5.41) is 0. The standard InChI is InChI=1S/C17H24BrNO2/c1-11-8-13(18)9-12(2)15(11)10-19(14-6-7-14)16(20)21-17(3,4)5/h8-9,14H,6-7,10H2,1-5H3. The lowest BCUT2D eigenvalue weighted by molar-refractivity contribution is 0.0216. The van der Waals surface area contributed by atoms with E-state index in [-0.39, 0.29) is 6.09 Å². The van der Waals surface area contributed by atoms with E-state index in [1.54, 1.807) is 0 Å². The first-order chi connectivity index (χ1) is 9.67. The molecule has 4 heteroatoms. The zero-order chi connectivity index (χ0) is 15.8. The van der Waals surface area contributed by atoms with Gasteiger partial charge in [0.1, 0.15) is 5.60 Å². The summed E-state index contributed by atoms with van der Waals surface area (Å²) in [5.41, 5.74) is 3.18. The summed E-state index contributed by atoms with van der Waals surface area (Å²) in [5.74, 6) is 0. The number of ether oxygens (including phenoxy) is 1. The predicted octanol–water partition coefficient (Wildman–Crippen LogP) is 4.97. The Hall–Kier alpha value is -1.03. The molecular formula is C17H24BrNO2. The molecule has 0 radical (unpaired) electrons. The Kier molecular flexibility index (Phi) is 4.66. The molecule has 0 aromatic heterocycles. The van der Waals surface area contributed by atoms with Crippen LogP contribution in [0.3, 0.4) is 0 Å². The van der Waals surface area contributed by atoms with Gasteiger partial charge < -0.3 is 9.64 Å². The topological polar surface area (TPSA) is 29.5 Å². The van der Waals surface area contributed by atoms with E-state index in [0.717, 1.165) is 17.3 Å². The van der Waals surface area contributed by atoms with Gasteiger partial charge in [0.2, 0.25) is 0 Å². The van der Waals surface area contributed by atoms with Gasteiger partial charge in [-0.15, -0.1) is 0 Å². The summed E-state index contributed by atoms with van der Waals surface area (Å²) in [6.45, 7) is 10.5. The molecule has 1 fully saturated rings. The Morgan fingerprint density at radius 1 is 1.29 bits per heavy atom. The minimum atomic E-state index is -0.450. The van der Waals surface area contributed by atoms with Gasteiger partial charge in [0, 0.05) is 17.1 Å². The van der Waals surface area contributed by atoms with Crippen molar-refractivity contribution in [3.63, 3.8) is 0 Å². The second-order valence-electron chi connectivity index (χ2n) is 6.86. The van der Waals surface area contributed by atoms with Crippen molar-refractivity contribution in [2.75, 3.05) is 0 Å². The molecule has 1 aliphatic rings. The van der Waals surface area contributed by atoms with E-state index in [1.165, 1.54) is 16.7 Å². The molecule has 116 valence electrons. The Balaban J connectivity index is 2.20. The molecule has 0 aliphatic heterocycles. The number of carbonyl (C=O) groups is 1. The molecule has 0 saturated heterocycles. The molecule has 0 unspecified atom stereocenters. The van der Waals surface area contributed by atoms with Gasteiger partial charge in [0.05, 0.1) is 0 Å². The summed E-state index contributed by atoms with van der Waals surface area (Å²) in [6, 6.07) is 4.53. The van der Waals surface area contributed by atoms with E-state index in [9.17, 15) is 4.79 Å². The average molecular weight is 354 g/mol. The molecule has 0 bridgehead atoms. The Morgan fingerprint density at radius 3 is 2.24 bits per heavy atom. The summed E-state index contributed by atoms with van der Waals surface area (Å²) in [7, 11) is 0. The normalized spacial score (nSPS) is 15.0. The molecule has 1 aliphatic carbocycles. The van der Waals surface area contributed by atoms with Crippen molar-refractivity contribution in [3.05, 3.63) is 33.3 Å². The molecule has 1 saturated carbocycles. The molecular weight excluding hydrogens is 330 g/mol. The SMILES string of the molecule is Cc1cc(Br)cc(C)c1CN(C(=O)OC(C)(C)C)C1CC1. The highest BCUT2D eigenvalue weighted by molar-refractivity contribution is 9.10. The predicted molar refractivity (Wildman–Crippen MR) is 88.4 cm³/mol. The van der Waals surface area contributed by atoms with Crippen molar-refractivity contribution in [1.82, 2.24) is 4.90 Å². The minimum absolute atomic E-state index is 0.202. The third kappa shape index (κ3) is 4.47. The molecule has 1 aromatic rings. The average Bonchev–Trinajstić information content (AvgIpc) is 3.09. The maximum atomic E-state index is 12.4. The lowest BCUT2D eigenvalue weighted by Crippen LogP contribution is -2.38. The highest BCUT2D eigenvalue weighted by Crippen LogP contribution is 2.31. The molecule has 0 spiro atoms. The van der Waals surface area contributed by atoms with E-state index in [2.05, 4.69) is 41.9 Å². The molecule has 2 rings (SSSR count). The van der Waals surface area contributed by atoms with Crippen molar-refractivity contribution in [1.29, 1.82) is 0 Å². The zero-order valence-corrected chi connectivity index (χ0v) is 15.1. The Labute approximate surface area is 135 Å². The number of halogens is 1. The van der Waals surface area contributed by atoms with Crippen LogP contribution in [-0.4, -0.2) is 22.6 Å². The highest BCUT2D eigenvalue weighted by Gasteiger charge is 2.35. The fourth-order valence-corrected chi connectivity index (χ4v) is 3.10. The summed E-state index contributed by atoms with van der Waals surface area (Å²) in [4.78, 5) is 14.3. The number of rotatable bonds is 3. The zero-order valence-electron chi connectivity index (χ0n) is 13.5. The van der Waals surface area contributed by atoms with Crippen molar-refractivity contribution < 1.29 is 9.53 Å². The first-order valence-electron chi connectivity index (χ1n) is 7.42. The van der Waals surface area contributed by atoms with E-state index < -0.39 is 5.60 Å². The lowest BCUT2D eigenvalue weighted by Gasteiger charge is -2.28. The van der Waals surface area contributed by atoms with Gasteiger partial charge in [-0.05, 0) is 76.3 Å². The Morgan fingerprint density at radius 2 is 1.81 bits per heavy atom. The van der Waals surface area contributed by atoms with Gasteiger partial charge >= 0.3 is 6.09 Å². The molecule has 0 N–H and O–H groups in total. The fourth-order valence-electron chi connectivity index (χ4n) is 2.41. The molecule has 1 amide bonds. The van der Waals surface area contributed by atoms with Crippen LogP contribution < -0.4 is 0 Å². The molecule has 0 atom stereocenters. The van der Waals surface area contributed by atoms with Gasteiger partial charge in [-0.25, -0.2) is 4.79 Å². The van der Waals surface area contributed by atoms with Gasteiger partial charge in [-0.1, -0.05) is 15.9 Å². The monoisotopic (exact) mass is 353 g/mol. The number of hydrogen-bond acceptors (Lipinski definition) is 2. The minimum Gasteiger partial charge on any atom is -0.444 e. The van der Waals surface area contributed by atoms with Crippen LogP contribution in [0.15, 0.2) is 16.6 Å². The number of carbonyl (C=O) groups excluding carboxylic acids is 1. The first kappa shape index (κ1) is 16.3. The number of amides is 1. The quantitative estimate of drug-likeness (QED) is 0.767. The second kappa shape index (κ2) is 5.99. The van der Waals surface area contributed by atoms with Crippen molar-refractivity contribution >= 4 is 22.0 Å². The van der Waals surface area contributed by atoms with Crippen LogP contribution in [-0.2, 0) is 11.3 Å². The van der Waals surface area contributed by atoms with Crippen molar-refractivity contribution in [2.24, 2.45) is 0 Å². The van der Waals surface area contributed by atoms with E-state index in [4.69, 9.17) is 4.74 Å². The van der Waals surface area contributed by atoms with E-state index in [0.29, 0.717) is 12.6 Å². The molecule has 3 nitrogen and oxygen atoms in total. The maximum Gasteiger partial charge on any atom is 0.410 e. The third-order valence-corrected chi connectivity index (χ3v) is 4.06. The molecule has 0 heterocycles. The van der Waals surface area contributed by atoms with Gasteiger partial charge in [0.15, 0.2) is 0 Å². The summed E-state index contributed by atoms with van der Waals surface area (Å²) >= 11 is 3.52. The van der Waals surface area contributed by atoms with Crippen LogP contribution in [0.2, 0.25) is 0 Å². The third-order valence-electron chi connectivity index (χ3n) is 3.60. The van der Waals surface area contributed by atoms with Crippen LogP contribution in [0, 0.1) is 13.8 Å². The van der Waals surface area contributed by atoms with Crippen LogP contribution in [0.4, 0.5) is 4.79 Å². The largest absolute Gasteiger partial charge is 0.444 e. The van der Waals surface area contributed by atoms with Crippen LogP contribution in [0.1, 0.15) is 50.3 Å². The molecule has 1 aromatic carbocycles. The second-order valence-corrected chi connectivity index (χ2v) is 7.77. The fraction of sp³-hybridized carbons (Fsp3) is 0.588. The number of hydrogen-bond donors (Lipinski definition) is 0. The smallest absolute Gasteiger partial charge is 0.410 e. The van der Waals surface area contributed by atoms with Crippen LogP contribution >= 0.6 is 15.9 Å².